The van der Waals surface area contributed by atoms with Crippen molar-refractivity contribution in [3.8, 4) is 11.8 Å². The number of aromatic nitrogens is 3. The van der Waals surface area contributed by atoms with Crippen molar-refractivity contribution in [2.45, 2.75) is 39.2 Å². The zero-order valence-corrected chi connectivity index (χ0v) is 13.5. The number of allylic oxidation sites excluding steroid dienone is 1. The Bertz CT molecular complexity index is 783. The molecule has 0 radical (unpaired) electrons. The topological polar surface area (TPSA) is 63.7 Å². The van der Waals surface area contributed by atoms with Crippen LogP contribution in [0.15, 0.2) is 18.2 Å². The van der Waals surface area contributed by atoms with Gasteiger partial charge in [-0.05, 0) is 38.0 Å². The van der Waals surface area contributed by atoms with E-state index in [4.69, 9.17) is 4.74 Å². The first-order valence-corrected chi connectivity index (χ1v) is 7.92. The van der Waals surface area contributed by atoms with Crippen molar-refractivity contribution in [2.24, 2.45) is 0 Å². The van der Waals surface area contributed by atoms with Crippen LogP contribution < -0.4 is 4.74 Å². The van der Waals surface area contributed by atoms with Crippen LogP contribution >= 0.6 is 0 Å². The third kappa shape index (κ3) is 3.11. The summed E-state index contributed by atoms with van der Waals surface area (Å²) in [5.74, 6) is 2.39. The Morgan fingerprint density at radius 2 is 2.17 bits per heavy atom. The van der Waals surface area contributed by atoms with E-state index >= 15 is 0 Å². The molecule has 5 heteroatoms. The molecule has 1 aromatic heterocycles. The maximum Gasteiger partial charge on any atom is 0.174 e. The fraction of sp³-hybridized carbons (Fsp3) is 0.389. The summed E-state index contributed by atoms with van der Waals surface area (Å²) < 4.78 is 7.49. The highest BCUT2D eigenvalue weighted by Crippen LogP contribution is 2.26. The molecule has 0 unspecified atom stereocenters. The van der Waals surface area contributed by atoms with Gasteiger partial charge in [-0.25, -0.2) is 0 Å². The van der Waals surface area contributed by atoms with Crippen LogP contribution in [0.25, 0.3) is 11.6 Å². The third-order valence-electron chi connectivity index (χ3n) is 4.16. The van der Waals surface area contributed by atoms with Gasteiger partial charge in [0.25, 0.3) is 0 Å². The molecule has 0 saturated carbocycles. The second-order valence-corrected chi connectivity index (χ2v) is 5.82. The molecule has 2 aromatic rings. The minimum Gasteiger partial charge on any atom is -0.496 e. The van der Waals surface area contributed by atoms with Gasteiger partial charge >= 0.3 is 0 Å². The van der Waals surface area contributed by atoms with Crippen LogP contribution in [0, 0.1) is 18.3 Å². The van der Waals surface area contributed by atoms with Gasteiger partial charge in [0, 0.05) is 18.5 Å². The van der Waals surface area contributed by atoms with Gasteiger partial charge < -0.3 is 9.30 Å². The molecule has 1 aliphatic heterocycles. The van der Waals surface area contributed by atoms with Gasteiger partial charge in [0.1, 0.15) is 17.6 Å². The lowest BCUT2D eigenvalue weighted by atomic mass is 10.1. The molecule has 0 atom stereocenters. The summed E-state index contributed by atoms with van der Waals surface area (Å²) in [6.07, 6.45) is 6.20. The van der Waals surface area contributed by atoms with E-state index in [0.717, 1.165) is 48.5 Å². The number of nitriles is 1. The van der Waals surface area contributed by atoms with Gasteiger partial charge in [0.15, 0.2) is 5.82 Å². The molecule has 2 heterocycles. The lowest BCUT2D eigenvalue weighted by Gasteiger charge is -2.08. The van der Waals surface area contributed by atoms with E-state index in [1.54, 1.807) is 7.11 Å². The summed E-state index contributed by atoms with van der Waals surface area (Å²) in [6, 6.07) is 8.19. The molecule has 3 rings (SSSR count). The number of rotatable bonds is 3. The number of methoxy groups -OCH3 is 1. The molecule has 118 valence electrons. The summed E-state index contributed by atoms with van der Waals surface area (Å²) in [5.41, 5.74) is 2.53. The standard InChI is InChI=1S/C18H20N4O/c1-13-7-8-16(23-2)14(10-13)11-15(12-19)18-21-20-17-6-4-3-5-9-22(17)18/h7-8,10-11H,3-6,9H2,1-2H3/b15-11-. The van der Waals surface area contributed by atoms with Crippen LogP contribution in [0.3, 0.4) is 0 Å². The SMILES string of the molecule is COc1ccc(C)cc1/C=C(/C#N)c1nnc2n1CCCCC2. The van der Waals surface area contributed by atoms with E-state index in [-0.39, 0.29) is 0 Å². The largest absolute Gasteiger partial charge is 0.496 e. The minimum absolute atomic E-state index is 0.523. The van der Waals surface area contributed by atoms with Crippen LogP contribution in [0.2, 0.25) is 0 Å². The van der Waals surface area contributed by atoms with Crippen molar-refractivity contribution in [1.82, 2.24) is 14.8 Å². The Balaban J connectivity index is 2.06. The molecule has 5 nitrogen and oxygen atoms in total. The van der Waals surface area contributed by atoms with Crippen molar-refractivity contribution < 1.29 is 4.74 Å². The Morgan fingerprint density at radius 1 is 1.30 bits per heavy atom. The normalized spacial score (nSPS) is 14.7. The summed E-state index contributed by atoms with van der Waals surface area (Å²) in [4.78, 5) is 0. The average Bonchev–Trinajstić information content (AvgIpc) is 2.81. The number of hydrogen-bond donors (Lipinski definition) is 0. The van der Waals surface area contributed by atoms with Crippen LogP contribution in [0.5, 0.6) is 5.75 Å². The predicted octanol–water partition coefficient (Wildman–Crippen LogP) is 3.39. The molecular weight excluding hydrogens is 288 g/mol. The third-order valence-corrected chi connectivity index (χ3v) is 4.16. The number of ether oxygens (including phenoxy) is 1. The second-order valence-electron chi connectivity index (χ2n) is 5.82. The quantitative estimate of drug-likeness (QED) is 0.815. The van der Waals surface area contributed by atoms with Crippen molar-refractivity contribution >= 4 is 11.6 Å². The lowest BCUT2D eigenvalue weighted by Crippen LogP contribution is -2.05. The number of hydrogen-bond acceptors (Lipinski definition) is 4. The number of nitrogens with zero attached hydrogens (tertiary/aromatic N) is 4. The molecular formula is C18H20N4O. The van der Waals surface area contributed by atoms with Crippen LogP contribution in [0.1, 0.15) is 42.0 Å². The summed E-state index contributed by atoms with van der Waals surface area (Å²) >= 11 is 0. The molecule has 0 fully saturated rings. The maximum absolute atomic E-state index is 9.62. The van der Waals surface area contributed by atoms with E-state index in [1.165, 1.54) is 6.42 Å². The lowest BCUT2D eigenvalue weighted by molar-refractivity contribution is 0.414. The van der Waals surface area contributed by atoms with Crippen LogP contribution in [-0.2, 0) is 13.0 Å². The number of fused-ring (bicyclic) bond motifs is 1. The zero-order valence-electron chi connectivity index (χ0n) is 13.5. The van der Waals surface area contributed by atoms with Gasteiger partial charge in [-0.15, -0.1) is 10.2 Å². The molecule has 0 aliphatic carbocycles. The van der Waals surface area contributed by atoms with Gasteiger partial charge in [-0.1, -0.05) is 18.1 Å². The molecule has 0 N–H and O–H groups in total. The average molecular weight is 308 g/mol. The Labute approximate surface area is 136 Å². The van der Waals surface area contributed by atoms with E-state index in [1.807, 2.05) is 31.2 Å². The van der Waals surface area contributed by atoms with Crippen LogP contribution in [0.4, 0.5) is 0 Å². The van der Waals surface area contributed by atoms with Gasteiger partial charge in [0.05, 0.1) is 12.7 Å². The van der Waals surface area contributed by atoms with Crippen LogP contribution in [-0.4, -0.2) is 21.9 Å². The van der Waals surface area contributed by atoms with Crippen molar-refractivity contribution in [3.05, 3.63) is 41.0 Å². The fourth-order valence-electron chi connectivity index (χ4n) is 2.95. The first kappa shape index (κ1) is 15.3. The van der Waals surface area contributed by atoms with Gasteiger partial charge in [0.2, 0.25) is 0 Å². The highest BCUT2D eigenvalue weighted by molar-refractivity contribution is 5.88. The first-order valence-electron chi connectivity index (χ1n) is 7.92. The smallest absolute Gasteiger partial charge is 0.174 e. The first-order chi connectivity index (χ1) is 11.2. The molecule has 0 spiro atoms. The molecule has 0 bridgehead atoms. The summed E-state index contributed by atoms with van der Waals surface area (Å²) in [7, 11) is 1.64. The minimum atomic E-state index is 0.523. The molecule has 0 saturated heterocycles. The van der Waals surface area contributed by atoms with Crippen molar-refractivity contribution in [1.29, 1.82) is 5.26 Å². The van der Waals surface area contributed by atoms with Gasteiger partial charge in [-0.3, -0.25) is 0 Å². The number of benzene rings is 1. The van der Waals surface area contributed by atoms with E-state index in [9.17, 15) is 5.26 Å². The van der Waals surface area contributed by atoms with E-state index < -0.39 is 0 Å². The summed E-state index contributed by atoms with van der Waals surface area (Å²) in [6.45, 7) is 2.90. The molecule has 1 aromatic carbocycles. The Kier molecular flexibility index (Phi) is 4.42. The molecule has 23 heavy (non-hydrogen) atoms. The number of aryl methyl sites for hydroxylation is 2. The van der Waals surface area contributed by atoms with E-state index in [0.29, 0.717) is 11.4 Å². The van der Waals surface area contributed by atoms with Gasteiger partial charge in [-0.2, -0.15) is 5.26 Å². The highest BCUT2D eigenvalue weighted by Gasteiger charge is 2.18. The molecule has 1 aliphatic rings. The maximum atomic E-state index is 9.62. The second kappa shape index (κ2) is 6.66. The highest BCUT2D eigenvalue weighted by atomic mass is 16.5. The Morgan fingerprint density at radius 3 is 2.96 bits per heavy atom. The van der Waals surface area contributed by atoms with Crippen molar-refractivity contribution in [2.75, 3.05) is 7.11 Å². The summed E-state index contributed by atoms with van der Waals surface area (Å²) in [5, 5.41) is 18.2. The Hall–Kier alpha value is -2.61. The molecule has 0 amide bonds. The predicted molar refractivity (Wildman–Crippen MR) is 88.8 cm³/mol. The zero-order chi connectivity index (χ0) is 16.2. The fourth-order valence-corrected chi connectivity index (χ4v) is 2.95. The van der Waals surface area contributed by atoms with Crippen molar-refractivity contribution in [3.63, 3.8) is 0 Å². The van der Waals surface area contributed by atoms with E-state index in [2.05, 4.69) is 20.8 Å². The monoisotopic (exact) mass is 308 g/mol.